The number of nitrogens with zero attached hydrogens (tertiary/aromatic N) is 1. The molecule has 2 saturated heterocycles. The first kappa shape index (κ1) is 10.6. The van der Waals surface area contributed by atoms with Crippen LogP contribution in [0.5, 0.6) is 0 Å². The zero-order valence-corrected chi connectivity index (χ0v) is 10.2. The minimum atomic E-state index is -0.114. The molecule has 1 amide bonds. The summed E-state index contributed by atoms with van der Waals surface area (Å²) in [4.78, 5) is 14.2. The Morgan fingerprint density at radius 3 is 2.62 bits per heavy atom. The molecular formula is C13H21NO2. The Labute approximate surface area is 97.1 Å². The fraction of sp³-hybridized carbons (Fsp3) is 0.923. The van der Waals surface area contributed by atoms with Crippen LogP contribution in [0.4, 0.5) is 0 Å². The number of carbonyl (C=O) groups excluding carboxylic acids is 1. The fourth-order valence-corrected chi connectivity index (χ4v) is 3.59. The zero-order valence-electron chi connectivity index (χ0n) is 10.2. The standard InChI is InChI=1S/C13H21NO2/c1-13(2)8-16-10-11(13)14(12(10)15)9-6-4-3-5-7-9/h9-11H,3-8H2,1-2H3/t10-,11-/m0/s1. The van der Waals surface area contributed by atoms with Crippen LogP contribution < -0.4 is 0 Å². The van der Waals surface area contributed by atoms with Gasteiger partial charge >= 0.3 is 0 Å². The molecule has 0 unspecified atom stereocenters. The first-order chi connectivity index (χ1) is 7.61. The number of likely N-dealkylation sites (tertiary alicyclic amines) is 1. The zero-order chi connectivity index (χ0) is 11.3. The number of hydrogen-bond acceptors (Lipinski definition) is 2. The summed E-state index contributed by atoms with van der Waals surface area (Å²) in [7, 11) is 0. The van der Waals surface area contributed by atoms with Gasteiger partial charge in [-0.05, 0) is 12.8 Å². The quantitative estimate of drug-likeness (QED) is 0.636. The van der Waals surface area contributed by atoms with E-state index in [1.165, 1.54) is 32.1 Å². The number of hydrogen-bond donors (Lipinski definition) is 0. The van der Waals surface area contributed by atoms with Crippen LogP contribution in [-0.2, 0) is 9.53 Å². The van der Waals surface area contributed by atoms with E-state index in [4.69, 9.17) is 4.74 Å². The normalized spacial score (nSPS) is 38.4. The topological polar surface area (TPSA) is 29.5 Å². The molecule has 0 N–H and O–H groups in total. The Hall–Kier alpha value is -0.570. The molecule has 16 heavy (non-hydrogen) atoms. The van der Waals surface area contributed by atoms with E-state index in [2.05, 4.69) is 18.7 Å². The Bertz CT molecular complexity index is 307. The second-order valence-corrected chi connectivity index (χ2v) is 6.20. The third-order valence-electron chi connectivity index (χ3n) is 4.49. The summed E-state index contributed by atoms with van der Waals surface area (Å²) in [6.07, 6.45) is 6.19. The van der Waals surface area contributed by atoms with Gasteiger partial charge in [0, 0.05) is 11.5 Å². The largest absolute Gasteiger partial charge is 0.366 e. The van der Waals surface area contributed by atoms with E-state index in [0.717, 1.165) is 6.61 Å². The molecule has 3 rings (SSSR count). The molecule has 3 aliphatic rings. The van der Waals surface area contributed by atoms with Gasteiger partial charge in [-0.3, -0.25) is 4.79 Å². The third-order valence-corrected chi connectivity index (χ3v) is 4.49. The molecule has 0 spiro atoms. The number of β-lactam (4-membered cyclic amide) rings is 1. The van der Waals surface area contributed by atoms with E-state index >= 15 is 0 Å². The molecule has 0 bridgehead atoms. The predicted molar refractivity (Wildman–Crippen MR) is 61.0 cm³/mol. The van der Waals surface area contributed by atoms with Gasteiger partial charge in [0.25, 0.3) is 5.91 Å². The van der Waals surface area contributed by atoms with Crippen molar-refractivity contribution in [2.24, 2.45) is 5.41 Å². The van der Waals surface area contributed by atoms with Crippen molar-refractivity contribution in [2.75, 3.05) is 6.61 Å². The smallest absolute Gasteiger partial charge is 0.254 e. The highest BCUT2D eigenvalue weighted by atomic mass is 16.5. The Morgan fingerprint density at radius 2 is 1.94 bits per heavy atom. The molecular weight excluding hydrogens is 202 g/mol. The van der Waals surface area contributed by atoms with Crippen molar-refractivity contribution in [3.8, 4) is 0 Å². The van der Waals surface area contributed by atoms with E-state index in [-0.39, 0.29) is 17.4 Å². The van der Waals surface area contributed by atoms with Crippen LogP contribution in [0.15, 0.2) is 0 Å². The number of fused-ring (bicyclic) bond motifs is 1. The van der Waals surface area contributed by atoms with Crippen LogP contribution in [-0.4, -0.2) is 35.6 Å². The first-order valence-electron chi connectivity index (χ1n) is 6.55. The van der Waals surface area contributed by atoms with E-state index in [1.807, 2.05) is 0 Å². The van der Waals surface area contributed by atoms with Crippen molar-refractivity contribution in [3.63, 3.8) is 0 Å². The maximum atomic E-state index is 12.0. The molecule has 0 radical (unpaired) electrons. The lowest BCUT2D eigenvalue weighted by Gasteiger charge is -2.52. The fourth-order valence-electron chi connectivity index (χ4n) is 3.59. The van der Waals surface area contributed by atoms with Gasteiger partial charge in [0.1, 0.15) is 0 Å². The number of amides is 1. The van der Waals surface area contributed by atoms with Gasteiger partial charge in [-0.1, -0.05) is 33.1 Å². The minimum absolute atomic E-state index is 0.114. The molecule has 0 aromatic heterocycles. The molecule has 90 valence electrons. The maximum absolute atomic E-state index is 12.0. The second-order valence-electron chi connectivity index (χ2n) is 6.20. The van der Waals surface area contributed by atoms with Crippen molar-refractivity contribution in [1.29, 1.82) is 0 Å². The number of ether oxygens (including phenoxy) is 1. The molecule has 3 nitrogen and oxygen atoms in total. The lowest BCUT2D eigenvalue weighted by Crippen LogP contribution is -2.69. The molecule has 2 heterocycles. The van der Waals surface area contributed by atoms with Gasteiger partial charge in [-0.2, -0.15) is 0 Å². The van der Waals surface area contributed by atoms with Gasteiger partial charge in [-0.15, -0.1) is 0 Å². The summed E-state index contributed by atoms with van der Waals surface area (Å²) >= 11 is 0. The summed E-state index contributed by atoms with van der Waals surface area (Å²) in [5.74, 6) is 0.252. The van der Waals surface area contributed by atoms with Crippen LogP contribution in [0.2, 0.25) is 0 Å². The minimum Gasteiger partial charge on any atom is -0.366 e. The van der Waals surface area contributed by atoms with Crippen LogP contribution in [0.25, 0.3) is 0 Å². The van der Waals surface area contributed by atoms with E-state index in [9.17, 15) is 4.79 Å². The SMILES string of the molecule is CC1(C)CO[C@@H]2C(=O)N(C3CCCCC3)[C@@H]21. The van der Waals surface area contributed by atoms with Gasteiger partial charge in [0.05, 0.1) is 12.6 Å². The lowest BCUT2D eigenvalue weighted by atomic mass is 9.76. The average Bonchev–Trinajstić information content (AvgIpc) is 2.52. The van der Waals surface area contributed by atoms with Crippen LogP contribution >= 0.6 is 0 Å². The number of rotatable bonds is 1. The van der Waals surface area contributed by atoms with E-state index in [1.54, 1.807) is 0 Å². The molecule has 3 heteroatoms. The van der Waals surface area contributed by atoms with Crippen LogP contribution in [0.1, 0.15) is 46.0 Å². The average molecular weight is 223 g/mol. The summed E-state index contributed by atoms with van der Waals surface area (Å²) in [5, 5.41) is 0. The third kappa shape index (κ3) is 1.33. The molecule has 1 aliphatic carbocycles. The van der Waals surface area contributed by atoms with Crippen LogP contribution in [0.3, 0.4) is 0 Å². The van der Waals surface area contributed by atoms with E-state index < -0.39 is 0 Å². The highest BCUT2D eigenvalue weighted by Crippen LogP contribution is 2.46. The summed E-state index contributed by atoms with van der Waals surface area (Å²) in [5.41, 5.74) is 0.149. The molecule has 3 fully saturated rings. The molecule has 0 aromatic rings. The Kier molecular flexibility index (Phi) is 2.29. The number of carbonyl (C=O) groups is 1. The van der Waals surface area contributed by atoms with Crippen LogP contribution in [0, 0.1) is 5.41 Å². The van der Waals surface area contributed by atoms with Crippen molar-refractivity contribution in [2.45, 2.75) is 64.1 Å². The van der Waals surface area contributed by atoms with E-state index in [0.29, 0.717) is 12.1 Å². The monoisotopic (exact) mass is 223 g/mol. The van der Waals surface area contributed by atoms with Gasteiger partial charge < -0.3 is 9.64 Å². The van der Waals surface area contributed by atoms with Crippen molar-refractivity contribution < 1.29 is 9.53 Å². The molecule has 2 aliphatic heterocycles. The highest BCUT2D eigenvalue weighted by Gasteiger charge is 2.61. The summed E-state index contributed by atoms with van der Waals surface area (Å²) in [6, 6.07) is 0.853. The maximum Gasteiger partial charge on any atom is 0.254 e. The van der Waals surface area contributed by atoms with Crippen molar-refractivity contribution in [1.82, 2.24) is 4.90 Å². The van der Waals surface area contributed by atoms with Gasteiger partial charge in [0.15, 0.2) is 6.10 Å². The summed E-state index contributed by atoms with van der Waals surface area (Å²) < 4.78 is 5.61. The second kappa shape index (κ2) is 3.46. The van der Waals surface area contributed by atoms with Gasteiger partial charge in [-0.25, -0.2) is 0 Å². The van der Waals surface area contributed by atoms with Gasteiger partial charge in [0.2, 0.25) is 0 Å². The molecule has 2 atom stereocenters. The van der Waals surface area contributed by atoms with Crippen molar-refractivity contribution >= 4 is 5.91 Å². The van der Waals surface area contributed by atoms with Crippen molar-refractivity contribution in [3.05, 3.63) is 0 Å². The predicted octanol–water partition coefficient (Wildman–Crippen LogP) is 1.95. The summed E-state index contributed by atoms with van der Waals surface area (Å²) in [6.45, 7) is 5.18. The first-order valence-corrected chi connectivity index (χ1v) is 6.55. The molecule has 0 aromatic carbocycles. The Balaban J connectivity index is 1.77. The molecule has 1 saturated carbocycles. The Morgan fingerprint density at radius 1 is 1.25 bits per heavy atom. The highest BCUT2D eigenvalue weighted by molar-refractivity contribution is 5.89. The lowest BCUT2D eigenvalue weighted by molar-refractivity contribution is -0.170.